The molecule has 0 saturated carbocycles. The van der Waals surface area contributed by atoms with Gasteiger partial charge in [-0.1, -0.05) is 0 Å². The second-order valence-corrected chi connectivity index (χ2v) is 4.18. The lowest BCUT2D eigenvalue weighted by atomic mass is 10.3. The lowest BCUT2D eigenvalue weighted by Gasteiger charge is -2.11. The molecule has 0 bridgehead atoms. The highest BCUT2D eigenvalue weighted by atomic mass is 32.2. The maximum atomic E-state index is 3.55. The van der Waals surface area contributed by atoms with Crippen LogP contribution in [0.1, 0.15) is 6.42 Å². The van der Waals surface area contributed by atoms with Gasteiger partial charge in [-0.15, -0.1) is 0 Å². The zero-order valence-electron chi connectivity index (χ0n) is 7.47. The van der Waals surface area contributed by atoms with E-state index >= 15 is 0 Å². The average Bonchev–Trinajstić information content (AvgIpc) is 2.37. The smallest absolute Gasteiger partial charge is 0.0207 e. The predicted molar refractivity (Wildman–Crippen MR) is 52.3 cm³/mol. The summed E-state index contributed by atoms with van der Waals surface area (Å²) in [5, 5.41) is 3.55. The molecule has 2 nitrogen and oxygen atoms in total. The molecule has 1 unspecified atom stereocenters. The van der Waals surface area contributed by atoms with Crippen LogP contribution in [0.4, 0.5) is 0 Å². The highest BCUT2D eigenvalue weighted by Gasteiger charge is 2.17. The van der Waals surface area contributed by atoms with Crippen molar-refractivity contribution in [2.24, 2.45) is 0 Å². The summed E-state index contributed by atoms with van der Waals surface area (Å²) >= 11 is 1.91. The first-order valence-corrected chi connectivity index (χ1v) is 5.63. The van der Waals surface area contributed by atoms with Crippen LogP contribution in [0.2, 0.25) is 0 Å². The molecule has 1 heterocycles. The molecule has 0 amide bonds. The molecule has 11 heavy (non-hydrogen) atoms. The van der Waals surface area contributed by atoms with Crippen molar-refractivity contribution in [3.05, 3.63) is 0 Å². The van der Waals surface area contributed by atoms with Crippen LogP contribution in [-0.4, -0.2) is 49.6 Å². The minimum absolute atomic E-state index is 0.757. The van der Waals surface area contributed by atoms with Gasteiger partial charge in [0.15, 0.2) is 0 Å². The van der Waals surface area contributed by atoms with Gasteiger partial charge in [-0.05, 0) is 26.3 Å². The molecule has 0 spiro atoms. The number of likely N-dealkylation sites (N-methyl/N-ethyl adjacent to an activating group) is 1. The van der Waals surface area contributed by atoms with E-state index in [1.807, 2.05) is 11.8 Å². The summed E-state index contributed by atoms with van der Waals surface area (Å²) in [5.41, 5.74) is 0. The number of nitrogens with zero attached hydrogens (tertiary/aromatic N) is 1. The Balaban J connectivity index is 1.99. The third kappa shape index (κ3) is 3.45. The lowest BCUT2D eigenvalue weighted by Crippen LogP contribution is -2.32. The molecule has 0 aromatic carbocycles. The maximum Gasteiger partial charge on any atom is 0.0207 e. The van der Waals surface area contributed by atoms with E-state index in [0.717, 1.165) is 6.04 Å². The van der Waals surface area contributed by atoms with Gasteiger partial charge in [-0.25, -0.2) is 0 Å². The molecular weight excluding hydrogens is 156 g/mol. The topological polar surface area (TPSA) is 15.3 Å². The quantitative estimate of drug-likeness (QED) is 0.630. The molecule has 0 aromatic heterocycles. The van der Waals surface area contributed by atoms with Gasteiger partial charge in [-0.2, -0.15) is 11.8 Å². The Morgan fingerprint density at radius 2 is 2.45 bits per heavy atom. The van der Waals surface area contributed by atoms with Crippen LogP contribution in [0.15, 0.2) is 0 Å². The molecule has 1 rings (SSSR count). The Kier molecular flexibility index (Phi) is 4.26. The number of hydrogen-bond donors (Lipinski definition) is 1. The van der Waals surface area contributed by atoms with E-state index in [0.29, 0.717) is 0 Å². The first-order valence-electron chi connectivity index (χ1n) is 4.24. The van der Waals surface area contributed by atoms with Crippen LogP contribution in [0.5, 0.6) is 0 Å². The van der Waals surface area contributed by atoms with Crippen LogP contribution in [-0.2, 0) is 0 Å². The van der Waals surface area contributed by atoms with Crippen molar-refractivity contribution in [3.8, 4) is 0 Å². The zero-order valence-corrected chi connectivity index (χ0v) is 8.28. The van der Waals surface area contributed by atoms with Gasteiger partial charge in [0, 0.05) is 24.9 Å². The van der Waals surface area contributed by atoms with E-state index in [-0.39, 0.29) is 0 Å². The maximum absolute atomic E-state index is 3.55. The van der Waals surface area contributed by atoms with E-state index in [4.69, 9.17) is 0 Å². The van der Waals surface area contributed by atoms with Crippen molar-refractivity contribution in [1.82, 2.24) is 10.2 Å². The molecule has 1 aliphatic rings. The fourth-order valence-electron chi connectivity index (χ4n) is 1.47. The molecule has 1 saturated heterocycles. The first-order chi connectivity index (χ1) is 5.33. The Labute approximate surface area is 73.7 Å². The van der Waals surface area contributed by atoms with E-state index in [2.05, 4.69) is 23.5 Å². The standard InChI is InChI=1S/C8H18N2S/c1-10-5-3-8(7-10)9-4-6-11-2/h8-9H,3-7H2,1-2H3. The van der Waals surface area contributed by atoms with Crippen molar-refractivity contribution in [2.45, 2.75) is 12.5 Å². The highest BCUT2D eigenvalue weighted by Crippen LogP contribution is 2.05. The van der Waals surface area contributed by atoms with Crippen LogP contribution < -0.4 is 5.32 Å². The number of hydrogen-bond acceptors (Lipinski definition) is 3. The summed E-state index contributed by atoms with van der Waals surface area (Å²) in [5.74, 6) is 1.24. The second kappa shape index (κ2) is 5.01. The van der Waals surface area contributed by atoms with Gasteiger partial charge in [0.1, 0.15) is 0 Å². The van der Waals surface area contributed by atoms with Gasteiger partial charge >= 0.3 is 0 Å². The summed E-state index contributed by atoms with van der Waals surface area (Å²) < 4.78 is 0. The predicted octanol–water partition coefficient (Wildman–Crippen LogP) is 0.643. The monoisotopic (exact) mass is 174 g/mol. The van der Waals surface area contributed by atoms with Gasteiger partial charge < -0.3 is 10.2 Å². The molecule has 3 heteroatoms. The molecule has 1 aliphatic heterocycles. The normalized spacial score (nSPS) is 26.2. The average molecular weight is 174 g/mol. The van der Waals surface area contributed by atoms with E-state index in [9.17, 15) is 0 Å². The van der Waals surface area contributed by atoms with E-state index in [1.54, 1.807) is 0 Å². The van der Waals surface area contributed by atoms with Gasteiger partial charge in [0.25, 0.3) is 0 Å². The third-order valence-electron chi connectivity index (χ3n) is 2.13. The Morgan fingerprint density at radius 3 is 3.00 bits per heavy atom. The zero-order chi connectivity index (χ0) is 8.10. The Bertz CT molecular complexity index is 108. The van der Waals surface area contributed by atoms with Crippen molar-refractivity contribution in [2.75, 3.05) is 38.7 Å². The second-order valence-electron chi connectivity index (χ2n) is 3.19. The minimum atomic E-state index is 0.757. The summed E-state index contributed by atoms with van der Waals surface area (Å²) in [4.78, 5) is 2.39. The molecule has 66 valence electrons. The van der Waals surface area contributed by atoms with Crippen LogP contribution in [0.3, 0.4) is 0 Å². The molecule has 0 aliphatic carbocycles. The summed E-state index contributed by atoms with van der Waals surface area (Å²) in [6.07, 6.45) is 3.48. The van der Waals surface area contributed by atoms with Gasteiger partial charge in [0.2, 0.25) is 0 Å². The molecule has 1 atom stereocenters. The number of thioether (sulfide) groups is 1. The van der Waals surface area contributed by atoms with Gasteiger partial charge in [-0.3, -0.25) is 0 Å². The molecule has 1 fully saturated rings. The number of nitrogens with one attached hydrogen (secondary N) is 1. The molecule has 0 radical (unpaired) electrons. The Hall–Kier alpha value is 0.270. The summed E-state index contributed by atoms with van der Waals surface area (Å²) in [6, 6.07) is 0.757. The van der Waals surface area contributed by atoms with E-state index in [1.165, 1.54) is 31.8 Å². The highest BCUT2D eigenvalue weighted by molar-refractivity contribution is 7.98. The van der Waals surface area contributed by atoms with Crippen molar-refractivity contribution < 1.29 is 0 Å². The van der Waals surface area contributed by atoms with Crippen LogP contribution in [0, 0.1) is 0 Å². The fraction of sp³-hybridized carbons (Fsp3) is 1.00. The lowest BCUT2D eigenvalue weighted by molar-refractivity contribution is 0.400. The largest absolute Gasteiger partial charge is 0.312 e. The number of likely N-dealkylation sites (tertiary alicyclic amines) is 1. The van der Waals surface area contributed by atoms with E-state index < -0.39 is 0 Å². The van der Waals surface area contributed by atoms with Crippen molar-refractivity contribution in [3.63, 3.8) is 0 Å². The van der Waals surface area contributed by atoms with Gasteiger partial charge in [0.05, 0.1) is 0 Å². The summed E-state index contributed by atoms with van der Waals surface area (Å²) in [6.45, 7) is 3.66. The minimum Gasteiger partial charge on any atom is -0.312 e. The molecule has 0 aromatic rings. The van der Waals surface area contributed by atoms with Crippen molar-refractivity contribution in [1.29, 1.82) is 0 Å². The third-order valence-corrected chi connectivity index (χ3v) is 2.74. The number of rotatable bonds is 4. The first kappa shape index (κ1) is 9.36. The van der Waals surface area contributed by atoms with Crippen LogP contribution >= 0.6 is 11.8 Å². The molecular formula is C8H18N2S. The summed E-state index contributed by atoms with van der Waals surface area (Å²) in [7, 11) is 2.19. The fourth-order valence-corrected chi connectivity index (χ4v) is 1.79. The van der Waals surface area contributed by atoms with Crippen LogP contribution in [0.25, 0.3) is 0 Å². The molecule has 1 N–H and O–H groups in total. The Morgan fingerprint density at radius 1 is 1.64 bits per heavy atom. The SMILES string of the molecule is CSCCNC1CCN(C)C1. The van der Waals surface area contributed by atoms with Crippen molar-refractivity contribution >= 4 is 11.8 Å².